The molecule has 26 heavy (non-hydrogen) atoms. The van der Waals surface area contributed by atoms with Crippen LogP contribution in [-0.4, -0.2) is 34.9 Å². The molecule has 1 aromatic carbocycles. The molecule has 0 fully saturated rings. The molecule has 0 unspecified atom stereocenters. The van der Waals surface area contributed by atoms with Gasteiger partial charge in [-0.1, -0.05) is 12.1 Å². The highest BCUT2D eigenvalue weighted by atomic mass is 16.5. The lowest BCUT2D eigenvalue weighted by molar-refractivity contribution is 0.100. The molecule has 2 heterocycles. The molecule has 0 bridgehead atoms. The summed E-state index contributed by atoms with van der Waals surface area (Å²) in [6.45, 7) is 0.261. The molecule has 0 aliphatic rings. The summed E-state index contributed by atoms with van der Waals surface area (Å²) in [5.74, 6) is 1.30. The number of hydrogen-bond acceptors (Lipinski definition) is 5. The molecule has 0 spiro atoms. The number of aromatic nitrogens is 2. The summed E-state index contributed by atoms with van der Waals surface area (Å²) < 4.78 is 10.8. The normalized spacial score (nSPS) is 11.8. The number of methoxy groups -OCH3 is 1. The van der Waals surface area contributed by atoms with Gasteiger partial charge in [0, 0.05) is 24.0 Å². The van der Waals surface area contributed by atoms with Crippen molar-refractivity contribution in [2.75, 3.05) is 13.7 Å². The minimum atomic E-state index is -0.519. The molecule has 134 valence electrons. The van der Waals surface area contributed by atoms with Gasteiger partial charge in [0.25, 0.3) is 0 Å². The lowest BCUT2D eigenvalue weighted by Crippen LogP contribution is -2.18. The Labute approximate surface area is 153 Å². The number of aliphatic hydroxyl groups excluding tert-OH is 1. The van der Waals surface area contributed by atoms with E-state index in [1.165, 1.54) is 0 Å². The predicted molar refractivity (Wildman–Crippen MR) is 100 cm³/mol. The molecule has 1 N–H and O–H groups in total. The first-order valence-electron chi connectivity index (χ1n) is 8.56. The monoisotopic (exact) mass is 350 g/mol. The zero-order valence-corrected chi connectivity index (χ0v) is 14.7. The Morgan fingerprint density at radius 3 is 2.62 bits per heavy atom. The summed E-state index contributed by atoms with van der Waals surface area (Å²) in [5, 5.41) is 10.1. The van der Waals surface area contributed by atoms with Crippen molar-refractivity contribution in [3.63, 3.8) is 0 Å². The number of pyridine rings is 2. The average Bonchev–Trinajstić information content (AvgIpc) is 2.72. The standard InChI is InChI=1S/C21H22N2O3/c1-25-21-6-2-5-20(23-21)17-8-11-19(12-9-17)26-15-18(24)10-7-16-4-3-13-22-14-16/h2-6,8-9,11-14,18,24H,7,10,15H2,1H3/t18-/m1/s1. The highest BCUT2D eigenvalue weighted by Crippen LogP contribution is 2.22. The van der Waals surface area contributed by atoms with Crippen molar-refractivity contribution in [2.24, 2.45) is 0 Å². The molecule has 5 nitrogen and oxygen atoms in total. The first-order valence-corrected chi connectivity index (χ1v) is 8.56. The Morgan fingerprint density at radius 1 is 1.04 bits per heavy atom. The van der Waals surface area contributed by atoms with Crippen LogP contribution >= 0.6 is 0 Å². The Kier molecular flexibility index (Phi) is 6.17. The fourth-order valence-electron chi connectivity index (χ4n) is 2.57. The van der Waals surface area contributed by atoms with Crippen LogP contribution < -0.4 is 9.47 Å². The maximum atomic E-state index is 10.1. The SMILES string of the molecule is COc1cccc(-c2ccc(OC[C@H](O)CCc3cccnc3)cc2)n1. The molecule has 5 heteroatoms. The molecule has 1 atom stereocenters. The molecule has 0 aliphatic heterocycles. The summed E-state index contributed by atoms with van der Waals surface area (Å²) in [5.41, 5.74) is 2.93. The molecule has 3 aromatic rings. The smallest absolute Gasteiger partial charge is 0.213 e. The largest absolute Gasteiger partial charge is 0.491 e. The summed E-state index contributed by atoms with van der Waals surface area (Å²) in [4.78, 5) is 8.48. The van der Waals surface area contributed by atoms with Gasteiger partial charge < -0.3 is 14.6 Å². The second kappa shape index (κ2) is 8.97. The average molecular weight is 350 g/mol. The molecule has 0 saturated heterocycles. The van der Waals surface area contributed by atoms with Gasteiger partial charge >= 0.3 is 0 Å². The third kappa shape index (κ3) is 5.04. The summed E-state index contributed by atoms with van der Waals surface area (Å²) >= 11 is 0. The van der Waals surface area contributed by atoms with Crippen molar-refractivity contribution in [1.82, 2.24) is 9.97 Å². The quantitative estimate of drug-likeness (QED) is 0.673. The van der Waals surface area contributed by atoms with Crippen molar-refractivity contribution < 1.29 is 14.6 Å². The van der Waals surface area contributed by atoms with Gasteiger partial charge in [-0.05, 0) is 54.8 Å². The van der Waals surface area contributed by atoms with E-state index in [1.807, 2.05) is 60.8 Å². The van der Waals surface area contributed by atoms with E-state index >= 15 is 0 Å². The maximum absolute atomic E-state index is 10.1. The number of aliphatic hydroxyl groups is 1. The zero-order chi connectivity index (χ0) is 18.2. The van der Waals surface area contributed by atoms with Crippen molar-refractivity contribution in [2.45, 2.75) is 18.9 Å². The van der Waals surface area contributed by atoms with Gasteiger partial charge in [-0.15, -0.1) is 0 Å². The minimum Gasteiger partial charge on any atom is -0.491 e. The van der Waals surface area contributed by atoms with Crippen LogP contribution in [0.4, 0.5) is 0 Å². The van der Waals surface area contributed by atoms with Gasteiger partial charge in [0.2, 0.25) is 5.88 Å². The zero-order valence-electron chi connectivity index (χ0n) is 14.7. The highest BCUT2D eigenvalue weighted by Gasteiger charge is 2.07. The highest BCUT2D eigenvalue weighted by molar-refractivity contribution is 5.60. The molecule has 0 saturated carbocycles. The summed E-state index contributed by atoms with van der Waals surface area (Å²) in [6, 6.07) is 17.2. The van der Waals surface area contributed by atoms with Gasteiger partial charge in [-0.3, -0.25) is 4.98 Å². The van der Waals surface area contributed by atoms with Crippen LogP contribution in [0.3, 0.4) is 0 Å². The van der Waals surface area contributed by atoms with E-state index in [0.717, 1.165) is 29.0 Å². The van der Waals surface area contributed by atoms with E-state index in [0.29, 0.717) is 12.3 Å². The van der Waals surface area contributed by atoms with E-state index in [2.05, 4.69) is 9.97 Å². The van der Waals surface area contributed by atoms with Gasteiger partial charge in [0.1, 0.15) is 12.4 Å². The molecule has 0 amide bonds. The Morgan fingerprint density at radius 2 is 1.88 bits per heavy atom. The van der Waals surface area contributed by atoms with E-state index < -0.39 is 6.10 Å². The number of nitrogens with zero attached hydrogens (tertiary/aromatic N) is 2. The van der Waals surface area contributed by atoms with Crippen LogP contribution in [0.15, 0.2) is 67.0 Å². The minimum absolute atomic E-state index is 0.261. The molecule has 0 aliphatic carbocycles. The predicted octanol–water partition coefficient (Wildman–Crippen LogP) is 3.52. The van der Waals surface area contributed by atoms with Crippen LogP contribution in [0, 0.1) is 0 Å². The number of aryl methyl sites for hydroxylation is 1. The van der Waals surface area contributed by atoms with Gasteiger partial charge in [0.15, 0.2) is 0 Å². The van der Waals surface area contributed by atoms with Crippen LogP contribution in [0.1, 0.15) is 12.0 Å². The number of ether oxygens (including phenoxy) is 2. The van der Waals surface area contributed by atoms with E-state index in [9.17, 15) is 5.11 Å². The van der Waals surface area contributed by atoms with Gasteiger partial charge in [-0.25, -0.2) is 4.98 Å². The Balaban J connectivity index is 1.51. The Hall–Kier alpha value is -2.92. The van der Waals surface area contributed by atoms with E-state index in [1.54, 1.807) is 13.3 Å². The summed E-state index contributed by atoms with van der Waals surface area (Å²) in [7, 11) is 1.60. The third-order valence-corrected chi connectivity index (χ3v) is 4.01. The second-order valence-corrected chi connectivity index (χ2v) is 5.95. The first kappa shape index (κ1) is 17.9. The topological polar surface area (TPSA) is 64.5 Å². The Bertz CT molecular complexity index is 807. The van der Waals surface area contributed by atoms with Crippen molar-refractivity contribution in [3.8, 4) is 22.9 Å². The fraction of sp³-hybridized carbons (Fsp3) is 0.238. The maximum Gasteiger partial charge on any atom is 0.213 e. The van der Waals surface area contributed by atoms with Gasteiger partial charge in [0.05, 0.1) is 18.9 Å². The van der Waals surface area contributed by atoms with Crippen LogP contribution in [0.2, 0.25) is 0 Å². The number of benzene rings is 1. The summed E-state index contributed by atoms with van der Waals surface area (Å²) in [6.07, 6.45) is 4.46. The lowest BCUT2D eigenvalue weighted by Gasteiger charge is -2.12. The van der Waals surface area contributed by atoms with E-state index in [-0.39, 0.29) is 6.61 Å². The lowest BCUT2D eigenvalue weighted by atomic mass is 10.1. The number of hydrogen-bond donors (Lipinski definition) is 1. The van der Waals surface area contributed by atoms with E-state index in [4.69, 9.17) is 9.47 Å². The van der Waals surface area contributed by atoms with Crippen LogP contribution in [0.25, 0.3) is 11.3 Å². The molecular weight excluding hydrogens is 328 g/mol. The fourth-order valence-corrected chi connectivity index (χ4v) is 2.57. The molecule has 3 rings (SSSR count). The molecule has 0 radical (unpaired) electrons. The third-order valence-electron chi connectivity index (χ3n) is 4.01. The molecule has 2 aromatic heterocycles. The van der Waals surface area contributed by atoms with Crippen LogP contribution in [0.5, 0.6) is 11.6 Å². The van der Waals surface area contributed by atoms with Crippen molar-refractivity contribution >= 4 is 0 Å². The second-order valence-electron chi connectivity index (χ2n) is 5.95. The van der Waals surface area contributed by atoms with Crippen molar-refractivity contribution in [1.29, 1.82) is 0 Å². The van der Waals surface area contributed by atoms with Crippen molar-refractivity contribution in [3.05, 3.63) is 72.6 Å². The van der Waals surface area contributed by atoms with Gasteiger partial charge in [-0.2, -0.15) is 0 Å². The van der Waals surface area contributed by atoms with Crippen LogP contribution in [-0.2, 0) is 6.42 Å². The molecular formula is C21H22N2O3. The first-order chi connectivity index (χ1) is 12.7. The number of rotatable bonds is 8.